The minimum absolute atomic E-state index is 0.107. The summed E-state index contributed by atoms with van der Waals surface area (Å²) >= 11 is 10.1. The highest BCUT2D eigenvalue weighted by molar-refractivity contribution is 7.80. The SMILES string of the molecule is [O-][N+]1(Cc2ccc(Cl)nc2)CCCCC1S. The van der Waals surface area contributed by atoms with Crippen molar-refractivity contribution in [1.82, 2.24) is 4.98 Å². The van der Waals surface area contributed by atoms with Crippen molar-refractivity contribution in [2.45, 2.75) is 31.2 Å². The average molecular weight is 259 g/mol. The molecule has 16 heavy (non-hydrogen) atoms. The van der Waals surface area contributed by atoms with Crippen molar-refractivity contribution in [3.8, 4) is 0 Å². The highest BCUT2D eigenvalue weighted by Crippen LogP contribution is 2.29. The van der Waals surface area contributed by atoms with Gasteiger partial charge in [-0.3, -0.25) is 0 Å². The van der Waals surface area contributed by atoms with Crippen LogP contribution in [-0.4, -0.2) is 21.5 Å². The maximum atomic E-state index is 12.5. The molecular formula is C11H15ClN2OS. The summed E-state index contributed by atoms with van der Waals surface area (Å²) in [5.74, 6) is 0. The number of nitrogens with zero attached hydrogens (tertiary/aromatic N) is 2. The van der Waals surface area contributed by atoms with Crippen molar-refractivity contribution in [3.05, 3.63) is 34.3 Å². The minimum atomic E-state index is -0.244. The number of hydroxylamine groups is 3. The number of hydrogen-bond donors (Lipinski definition) is 1. The van der Waals surface area contributed by atoms with Crippen molar-refractivity contribution < 1.29 is 4.65 Å². The lowest BCUT2D eigenvalue weighted by atomic mass is 10.1. The molecule has 0 saturated carbocycles. The molecule has 1 aromatic rings. The largest absolute Gasteiger partial charge is 0.632 e. The molecule has 1 fully saturated rings. The highest BCUT2D eigenvalue weighted by Gasteiger charge is 2.29. The van der Waals surface area contributed by atoms with Crippen LogP contribution in [0.3, 0.4) is 0 Å². The van der Waals surface area contributed by atoms with Gasteiger partial charge in [0, 0.05) is 18.2 Å². The van der Waals surface area contributed by atoms with E-state index in [1.807, 2.05) is 6.07 Å². The van der Waals surface area contributed by atoms with E-state index in [0.717, 1.165) is 24.8 Å². The molecule has 2 rings (SSSR count). The van der Waals surface area contributed by atoms with Crippen LogP contribution in [0.15, 0.2) is 18.3 Å². The number of likely N-dealkylation sites (tertiary alicyclic amines) is 1. The second-order valence-electron chi connectivity index (χ2n) is 4.30. The van der Waals surface area contributed by atoms with E-state index < -0.39 is 0 Å². The van der Waals surface area contributed by atoms with Crippen LogP contribution in [0.25, 0.3) is 0 Å². The second kappa shape index (κ2) is 4.92. The molecule has 0 bridgehead atoms. The van der Waals surface area contributed by atoms with Gasteiger partial charge in [0.1, 0.15) is 17.1 Å². The maximum Gasteiger partial charge on any atom is 0.133 e. The van der Waals surface area contributed by atoms with Crippen molar-refractivity contribution in [2.75, 3.05) is 6.54 Å². The molecule has 0 spiro atoms. The zero-order valence-corrected chi connectivity index (χ0v) is 10.6. The smallest absolute Gasteiger partial charge is 0.133 e. The third-order valence-corrected chi connectivity index (χ3v) is 3.93. The third kappa shape index (κ3) is 2.69. The Bertz CT molecular complexity index is 360. The van der Waals surface area contributed by atoms with E-state index in [4.69, 9.17) is 11.6 Å². The van der Waals surface area contributed by atoms with Crippen LogP contribution in [-0.2, 0) is 6.54 Å². The summed E-state index contributed by atoms with van der Waals surface area (Å²) < 4.78 is -0.244. The van der Waals surface area contributed by atoms with Gasteiger partial charge in [0.05, 0.1) is 6.54 Å². The van der Waals surface area contributed by atoms with Gasteiger partial charge in [0.15, 0.2) is 0 Å². The van der Waals surface area contributed by atoms with Crippen LogP contribution < -0.4 is 0 Å². The molecule has 1 saturated heterocycles. The second-order valence-corrected chi connectivity index (χ2v) is 5.28. The quantitative estimate of drug-likeness (QED) is 0.383. The predicted octanol–water partition coefficient (Wildman–Crippen LogP) is 2.99. The van der Waals surface area contributed by atoms with Gasteiger partial charge in [0.25, 0.3) is 0 Å². The molecule has 0 radical (unpaired) electrons. The van der Waals surface area contributed by atoms with Crippen LogP contribution in [0.5, 0.6) is 0 Å². The monoisotopic (exact) mass is 258 g/mol. The summed E-state index contributed by atoms with van der Waals surface area (Å²) in [6.07, 6.45) is 4.67. The molecule has 0 amide bonds. The predicted molar refractivity (Wildman–Crippen MR) is 68.1 cm³/mol. The first kappa shape index (κ1) is 12.2. The van der Waals surface area contributed by atoms with E-state index in [2.05, 4.69) is 17.6 Å². The van der Waals surface area contributed by atoms with Crippen molar-refractivity contribution >= 4 is 24.2 Å². The third-order valence-electron chi connectivity index (χ3n) is 3.03. The summed E-state index contributed by atoms with van der Waals surface area (Å²) in [6, 6.07) is 3.59. The Kier molecular flexibility index (Phi) is 3.74. The molecule has 88 valence electrons. The highest BCUT2D eigenvalue weighted by atomic mass is 35.5. The Morgan fingerprint density at radius 2 is 2.31 bits per heavy atom. The Morgan fingerprint density at radius 3 is 2.94 bits per heavy atom. The Balaban J connectivity index is 2.10. The first-order chi connectivity index (χ1) is 7.60. The molecule has 1 aromatic heterocycles. The molecule has 2 unspecified atom stereocenters. The fourth-order valence-electron chi connectivity index (χ4n) is 2.08. The number of hydrogen-bond acceptors (Lipinski definition) is 3. The zero-order valence-electron chi connectivity index (χ0n) is 8.97. The lowest BCUT2D eigenvalue weighted by Gasteiger charge is -2.49. The standard InChI is InChI=1S/C11H15ClN2OS/c12-10-5-4-9(7-13-10)8-14(15)6-2-1-3-11(14)16/h4-5,7,11,16H,1-3,6,8H2. The molecule has 3 nitrogen and oxygen atoms in total. The number of rotatable bonds is 2. The first-order valence-corrected chi connectivity index (χ1v) is 6.36. The first-order valence-electron chi connectivity index (χ1n) is 5.46. The number of aromatic nitrogens is 1. The molecule has 2 heterocycles. The van der Waals surface area contributed by atoms with Crippen LogP contribution in [0.2, 0.25) is 5.15 Å². The van der Waals surface area contributed by atoms with E-state index in [-0.39, 0.29) is 10.0 Å². The van der Waals surface area contributed by atoms with Crippen LogP contribution in [0, 0.1) is 5.21 Å². The Hall–Kier alpha value is -0.290. The van der Waals surface area contributed by atoms with Crippen molar-refractivity contribution in [3.63, 3.8) is 0 Å². The van der Waals surface area contributed by atoms with Crippen LogP contribution in [0.4, 0.5) is 0 Å². The molecule has 0 N–H and O–H groups in total. The molecule has 1 aliphatic heterocycles. The lowest BCUT2D eigenvalue weighted by Crippen LogP contribution is -2.50. The van der Waals surface area contributed by atoms with E-state index in [1.165, 1.54) is 0 Å². The van der Waals surface area contributed by atoms with Crippen molar-refractivity contribution in [2.24, 2.45) is 0 Å². The number of quaternary nitrogens is 1. The van der Waals surface area contributed by atoms with Gasteiger partial charge < -0.3 is 9.85 Å². The van der Waals surface area contributed by atoms with Gasteiger partial charge in [-0.15, -0.1) is 12.6 Å². The Morgan fingerprint density at radius 1 is 1.50 bits per heavy atom. The summed E-state index contributed by atoms with van der Waals surface area (Å²) in [6.45, 7) is 1.09. The van der Waals surface area contributed by atoms with Gasteiger partial charge in [0.2, 0.25) is 0 Å². The summed E-state index contributed by atoms with van der Waals surface area (Å²) in [7, 11) is 0. The average Bonchev–Trinajstić information content (AvgIpc) is 2.26. The molecular weight excluding hydrogens is 244 g/mol. The van der Waals surface area contributed by atoms with Gasteiger partial charge in [-0.2, -0.15) is 0 Å². The number of pyridine rings is 1. The number of piperidine rings is 1. The van der Waals surface area contributed by atoms with Gasteiger partial charge in [-0.05, 0) is 25.0 Å². The maximum absolute atomic E-state index is 12.5. The summed E-state index contributed by atoms with van der Waals surface area (Å²) in [5, 5.41) is 12.9. The van der Waals surface area contributed by atoms with Crippen molar-refractivity contribution in [1.29, 1.82) is 0 Å². The summed E-state index contributed by atoms with van der Waals surface area (Å²) in [4.78, 5) is 3.99. The van der Waals surface area contributed by atoms with Crippen LogP contribution in [0.1, 0.15) is 24.8 Å². The van der Waals surface area contributed by atoms with E-state index in [1.54, 1.807) is 12.3 Å². The van der Waals surface area contributed by atoms with Gasteiger partial charge >= 0.3 is 0 Å². The van der Waals surface area contributed by atoms with E-state index in [9.17, 15) is 5.21 Å². The minimum Gasteiger partial charge on any atom is -0.632 e. The molecule has 5 heteroatoms. The lowest BCUT2D eigenvalue weighted by molar-refractivity contribution is -0.908. The fourth-order valence-corrected chi connectivity index (χ4v) is 2.58. The van der Waals surface area contributed by atoms with E-state index in [0.29, 0.717) is 18.2 Å². The number of thiol groups is 1. The molecule has 1 aliphatic rings. The topological polar surface area (TPSA) is 36.0 Å². The fraction of sp³-hybridized carbons (Fsp3) is 0.545. The van der Waals surface area contributed by atoms with Crippen LogP contribution >= 0.6 is 24.2 Å². The number of halogens is 1. The summed E-state index contributed by atoms with van der Waals surface area (Å²) in [5.41, 5.74) is 0.931. The van der Waals surface area contributed by atoms with Gasteiger partial charge in [-0.25, -0.2) is 4.98 Å². The molecule has 2 atom stereocenters. The van der Waals surface area contributed by atoms with E-state index >= 15 is 0 Å². The zero-order chi connectivity index (χ0) is 11.6. The van der Waals surface area contributed by atoms with Gasteiger partial charge in [-0.1, -0.05) is 11.6 Å². The molecule has 0 aromatic carbocycles. The Labute approximate surface area is 106 Å². The molecule has 0 aliphatic carbocycles. The normalized spacial score (nSPS) is 30.3.